The van der Waals surface area contributed by atoms with Crippen molar-refractivity contribution in [1.29, 1.82) is 0 Å². The number of thiazole rings is 1. The van der Waals surface area contributed by atoms with Crippen LogP contribution in [-0.2, 0) is 11.2 Å². The molecule has 0 spiro atoms. The molecule has 0 unspecified atom stereocenters. The van der Waals surface area contributed by atoms with E-state index in [0.717, 1.165) is 27.9 Å². The van der Waals surface area contributed by atoms with Gasteiger partial charge in [-0.3, -0.25) is 9.78 Å². The van der Waals surface area contributed by atoms with Gasteiger partial charge in [0.25, 0.3) is 0 Å². The van der Waals surface area contributed by atoms with Gasteiger partial charge in [0.2, 0.25) is 5.91 Å². The molecule has 26 heavy (non-hydrogen) atoms. The predicted molar refractivity (Wildman–Crippen MR) is 101 cm³/mol. The average molecular weight is 364 g/mol. The Labute approximate surface area is 153 Å². The van der Waals surface area contributed by atoms with Crippen molar-refractivity contribution in [2.45, 2.75) is 20.3 Å². The van der Waals surface area contributed by atoms with Crippen molar-refractivity contribution in [2.24, 2.45) is 0 Å². The number of anilines is 1. The standard InChI is InChI=1S/C19H16N4O2S/c1-11-7-13-15(23-25-17(13)8-12(11)2)9-18(24)22-19-21-16(10-26-19)14-5-3-4-6-20-14/h3-8,10H,9H2,1-2H3,(H,21,22,24). The van der Waals surface area contributed by atoms with E-state index < -0.39 is 0 Å². The van der Waals surface area contributed by atoms with Crippen LogP contribution in [0.3, 0.4) is 0 Å². The maximum absolute atomic E-state index is 12.4. The van der Waals surface area contributed by atoms with Gasteiger partial charge in [-0.15, -0.1) is 11.3 Å². The van der Waals surface area contributed by atoms with E-state index in [4.69, 9.17) is 4.52 Å². The van der Waals surface area contributed by atoms with Crippen molar-refractivity contribution in [3.63, 3.8) is 0 Å². The molecular formula is C19H16N4O2S. The van der Waals surface area contributed by atoms with Crippen molar-refractivity contribution in [2.75, 3.05) is 5.32 Å². The highest BCUT2D eigenvalue weighted by Crippen LogP contribution is 2.25. The number of hydrogen-bond donors (Lipinski definition) is 1. The number of aryl methyl sites for hydroxylation is 2. The van der Waals surface area contributed by atoms with Crippen LogP contribution in [0.1, 0.15) is 16.8 Å². The summed E-state index contributed by atoms with van der Waals surface area (Å²) in [6, 6.07) is 9.58. The molecule has 7 heteroatoms. The zero-order valence-electron chi connectivity index (χ0n) is 14.3. The van der Waals surface area contributed by atoms with Gasteiger partial charge in [0, 0.05) is 17.0 Å². The minimum atomic E-state index is -0.180. The second-order valence-corrected chi connectivity index (χ2v) is 6.90. The molecule has 4 aromatic rings. The second kappa shape index (κ2) is 6.68. The Morgan fingerprint density at radius 1 is 1.19 bits per heavy atom. The largest absolute Gasteiger partial charge is 0.356 e. The summed E-state index contributed by atoms with van der Waals surface area (Å²) in [6.45, 7) is 4.05. The van der Waals surface area contributed by atoms with E-state index >= 15 is 0 Å². The Bertz CT molecular complexity index is 1090. The highest BCUT2D eigenvalue weighted by Gasteiger charge is 2.15. The number of benzene rings is 1. The second-order valence-electron chi connectivity index (χ2n) is 6.04. The van der Waals surface area contributed by atoms with Gasteiger partial charge in [0.1, 0.15) is 11.4 Å². The fourth-order valence-electron chi connectivity index (χ4n) is 2.65. The third kappa shape index (κ3) is 3.21. The lowest BCUT2D eigenvalue weighted by Gasteiger charge is -2.01. The number of fused-ring (bicyclic) bond motifs is 1. The number of nitrogens with one attached hydrogen (secondary N) is 1. The monoisotopic (exact) mass is 364 g/mol. The van der Waals surface area contributed by atoms with Gasteiger partial charge in [0.15, 0.2) is 10.7 Å². The zero-order chi connectivity index (χ0) is 18.1. The summed E-state index contributed by atoms with van der Waals surface area (Å²) in [5.41, 5.74) is 5.11. The van der Waals surface area contributed by atoms with Crippen molar-refractivity contribution >= 4 is 33.3 Å². The fraction of sp³-hybridized carbons (Fsp3) is 0.158. The number of aromatic nitrogens is 3. The number of rotatable bonds is 4. The molecule has 0 saturated heterocycles. The van der Waals surface area contributed by atoms with E-state index in [-0.39, 0.29) is 12.3 Å². The quantitative estimate of drug-likeness (QED) is 0.588. The van der Waals surface area contributed by atoms with Crippen LogP contribution in [0.5, 0.6) is 0 Å². The van der Waals surface area contributed by atoms with Crippen LogP contribution in [0, 0.1) is 13.8 Å². The molecule has 1 N–H and O–H groups in total. The molecule has 3 heterocycles. The molecule has 0 saturated carbocycles. The fourth-order valence-corrected chi connectivity index (χ4v) is 3.37. The Morgan fingerprint density at radius 2 is 2.04 bits per heavy atom. The maximum Gasteiger partial charge on any atom is 0.232 e. The minimum absolute atomic E-state index is 0.133. The number of hydrogen-bond acceptors (Lipinski definition) is 6. The number of carbonyl (C=O) groups excluding carboxylic acids is 1. The van der Waals surface area contributed by atoms with E-state index in [1.807, 2.05) is 49.6 Å². The van der Waals surface area contributed by atoms with Crippen molar-refractivity contribution < 1.29 is 9.32 Å². The van der Waals surface area contributed by atoms with Crippen LogP contribution in [0.25, 0.3) is 22.4 Å². The van der Waals surface area contributed by atoms with E-state index in [9.17, 15) is 4.79 Å². The van der Waals surface area contributed by atoms with Gasteiger partial charge < -0.3 is 9.84 Å². The topological polar surface area (TPSA) is 80.9 Å². The third-order valence-corrected chi connectivity index (χ3v) is 4.92. The molecule has 0 bridgehead atoms. The molecule has 0 fully saturated rings. The van der Waals surface area contributed by atoms with Crippen molar-refractivity contribution in [3.05, 3.63) is 58.7 Å². The van der Waals surface area contributed by atoms with Crippen molar-refractivity contribution in [1.82, 2.24) is 15.1 Å². The first-order valence-electron chi connectivity index (χ1n) is 8.12. The average Bonchev–Trinajstić information content (AvgIpc) is 3.24. The summed E-state index contributed by atoms with van der Waals surface area (Å²) in [5.74, 6) is -0.180. The molecular weight excluding hydrogens is 348 g/mol. The molecule has 0 radical (unpaired) electrons. The predicted octanol–water partition coefficient (Wildman–Crippen LogP) is 4.14. The SMILES string of the molecule is Cc1cc2onc(CC(=O)Nc3nc(-c4ccccn4)cs3)c2cc1C. The van der Waals surface area contributed by atoms with Crippen LogP contribution < -0.4 is 5.32 Å². The van der Waals surface area contributed by atoms with Gasteiger partial charge in [-0.05, 0) is 49.2 Å². The molecule has 0 aliphatic carbocycles. The van der Waals surface area contributed by atoms with Crippen LogP contribution in [0.4, 0.5) is 5.13 Å². The summed E-state index contributed by atoms with van der Waals surface area (Å²) in [5, 5.41) is 10.1. The molecule has 1 amide bonds. The van der Waals surface area contributed by atoms with Crippen LogP contribution in [0.15, 0.2) is 46.4 Å². The number of pyridine rings is 1. The first-order valence-corrected chi connectivity index (χ1v) is 9.00. The van der Waals surface area contributed by atoms with Crippen molar-refractivity contribution in [3.8, 4) is 11.4 Å². The Kier molecular flexibility index (Phi) is 4.22. The summed E-state index contributed by atoms with van der Waals surface area (Å²) in [7, 11) is 0. The molecule has 1 aromatic carbocycles. The molecule has 0 aliphatic heterocycles. The van der Waals surface area contributed by atoms with E-state index in [1.54, 1.807) is 6.20 Å². The molecule has 3 aromatic heterocycles. The molecule has 4 rings (SSSR count). The summed E-state index contributed by atoms with van der Waals surface area (Å²) < 4.78 is 5.35. The minimum Gasteiger partial charge on any atom is -0.356 e. The van der Waals surface area contributed by atoms with Gasteiger partial charge in [-0.1, -0.05) is 11.2 Å². The molecule has 130 valence electrons. The van der Waals surface area contributed by atoms with Gasteiger partial charge >= 0.3 is 0 Å². The third-order valence-electron chi connectivity index (χ3n) is 4.17. The number of carbonyl (C=O) groups is 1. The Balaban J connectivity index is 1.50. The first-order chi connectivity index (χ1) is 12.6. The summed E-state index contributed by atoms with van der Waals surface area (Å²) in [4.78, 5) is 21.1. The smallest absolute Gasteiger partial charge is 0.232 e. The molecule has 6 nitrogen and oxygen atoms in total. The lowest BCUT2D eigenvalue weighted by Crippen LogP contribution is -2.14. The van der Waals surface area contributed by atoms with E-state index in [0.29, 0.717) is 16.4 Å². The Morgan fingerprint density at radius 3 is 2.85 bits per heavy atom. The van der Waals surface area contributed by atoms with Gasteiger partial charge in [-0.2, -0.15) is 0 Å². The molecule has 0 aliphatic rings. The highest BCUT2D eigenvalue weighted by atomic mass is 32.1. The summed E-state index contributed by atoms with van der Waals surface area (Å²) >= 11 is 1.37. The van der Waals surface area contributed by atoms with E-state index in [1.165, 1.54) is 11.3 Å². The zero-order valence-corrected chi connectivity index (χ0v) is 15.1. The molecule has 0 atom stereocenters. The van der Waals surface area contributed by atoms with Crippen LogP contribution >= 0.6 is 11.3 Å². The normalized spacial score (nSPS) is 11.0. The lowest BCUT2D eigenvalue weighted by molar-refractivity contribution is -0.115. The van der Waals surface area contributed by atoms with Gasteiger partial charge in [0.05, 0.1) is 12.1 Å². The van der Waals surface area contributed by atoms with E-state index in [2.05, 4.69) is 20.4 Å². The first kappa shape index (κ1) is 16.4. The van der Waals surface area contributed by atoms with Crippen LogP contribution in [-0.4, -0.2) is 21.0 Å². The number of nitrogens with zero attached hydrogens (tertiary/aromatic N) is 3. The number of amides is 1. The maximum atomic E-state index is 12.4. The Hall–Kier alpha value is -3.06. The lowest BCUT2D eigenvalue weighted by atomic mass is 10.1. The van der Waals surface area contributed by atoms with Gasteiger partial charge in [-0.25, -0.2) is 4.98 Å². The highest BCUT2D eigenvalue weighted by molar-refractivity contribution is 7.14. The van der Waals surface area contributed by atoms with Crippen LogP contribution in [0.2, 0.25) is 0 Å². The summed E-state index contributed by atoms with van der Waals surface area (Å²) in [6.07, 6.45) is 1.85.